The van der Waals surface area contributed by atoms with Crippen LogP contribution in [0.3, 0.4) is 0 Å². The number of nitrogens with zero attached hydrogens (tertiary/aromatic N) is 1. The molecule has 6 heteroatoms. The van der Waals surface area contributed by atoms with Crippen LogP contribution in [-0.4, -0.2) is 35.2 Å². The molecule has 0 aliphatic carbocycles. The van der Waals surface area contributed by atoms with E-state index in [0.717, 1.165) is 25.1 Å². The van der Waals surface area contributed by atoms with E-state index in [1.165, 1.54) is 0 Å². The summed E-state index contributed by atoms with van der Waals surface area (Å²) in [6, 6.07) is 7.57. The Hall–Kier alpha value is -1.85. The van der Waals surface area contributed by atoms with Crippen LogP contribution in [0.15, 0.2) is 30.5 Å². The zero-order valence-corrected chi connectivity index (χ0v) is 13.2. The zero-order chi connectivity index (χ0) is 15.5. The summed E-state index contributed by atoms with van der Waals surface area (Å²) in [4.78, 5) is 12.6. The van der Waals surface area contributed by atoms with Gasteiger partial charge in [-0.3, -0.25) is 9.89 Å². The van der Waals surface area contributed by atoms with Crippen LogP contribution in [-0.2, 0) is 0 Å². The van der Waals surface area contributed by atoms with Crippen LogP contribution in [0.4, 0.5) is 0 Å². The second-order valence-electron chi connectivity index (χ2n) is 5.72. The molecule has 0 saturated carbocycles. The van der Waals surface area contributed by atoms with Crippen molar-refractivity contribution in [2.24, 2.45) is 5.92 Å². The van der Waals surface area contributed by atoms with Gasteiger partial charge in [0.05, 0.1) is 17.5 Å². The van der Waals surface area contributed by atoms with Gasteiger partial charge in [0.15, 0.2) is 0 Å². The maximum absolute atomic E-state index is 12.6. The van der Waals surface area contributed by atoms with Crippen molar-refractivity contribution in [2.75, 3.05) is 13.1 Å². The van der Waals surface area contributed by atoms with Gasteiger partial charge >= 0.3 is 0 Å². The fourth-order valence-corrected chi connectivity index (χ4v) is 2.99. The molecule has 1 aromatic heterocycles. The molecule has 1 aliphatic rings. The molecule has 0 radical (unpaired) electrons. The van der Waals surface area contributed by atoms with Crippen LogP contribution in [0.5, 0.6) is 0 Å². The van der Waals surface area contributed by atoms with Gasteiger partial charge < -0.3 is 10.6 Å². The maximum atomic E-state index is 12.6. The Kier molecular flexibility index (Phi) is 4.45. The van der Waals surface area contributed by atoms with E-state index in [4.69, 9.17) is 11.6 Å². The average molecular weight is 319 g/mol. The molecule has 1 aromatic carbocycles. The van der Waals surface area contributed by atoms with Gasteiger partial charge in [-0.15, -0.1) is 0 Å². The van der Waals surface area contributed by atoms with E-state index in [2.05, 4.69) is 27.8 Å². The summed E-state index contributed by atoms with van der Waals surface area (Å²) in [6.07, 6.45) is 2.51. The smallest absolute Gasteiger partial charge is 0.255 e. The van der Waals surface area contributed by atoms with Crippen molar-refractivity contribution >= 4 is 17.5 Å². The molecule has 2 unspecified atom stereocenters. The third-order valence-electron chi connectivity index (χ3n) is 4.10. The van der Waals surface area contributed by atoms with E-state index < -0.39 is 0 Å². The summed E-state index contributed by atoms with van der Waals surface area (Å²) in [5.41, 5.74) is 2.10. The number of aromatic nitrogens is 2. The Bertz CT molecular complexity index is 670. The van der Waals surface area contributed by atoms with Crippen LogP contribution >= 0.6 is 11.6 Å². The molecule has 2 heterocycles. The molecule has 116 valence electrons. The number of halogens is 1. The number of hydrogen-bond acceptors (Lipinski definition) is 3. The normalized spacial score (nSPS) is 21.5. The van der Waals surface area contributed by atoms with E-state index in [1.54, 1.807) is 12.3 Å². The van der Waals surface area contributed by atoms with Gasteiger partial charge in [0.25, 0.3) is 5.91 Å². The SMILES string of the molecule is CC1CNCCC1NC(=O)c1cn[nH]c1-c1cccc(Cl)c1. The largest absolute Gasteiger partial charge is 0.349 e. The summed E-state index contributed by atoms with van der Waals surface area (Å²) in [7, 11) is 0. The second kappa shape index (κ2) is 6.50. The van der Waals surface area contributed by atoms with Crippen LogP contribution < -0.4 is 10.6 Å². The molecule has 1 fully saturated rings. The number of piperidine rings is 1. The lowest BCUT2D eigenvalue weighted by Gasteiger charge is -2.30. The number of nitrogens with one attached hydrogen (secondary N) is 3. The lowest BCUT2D eigenvalue weighted by molar-refractivity contribution is 0.0915. The molecule has 2 aromatic rings. The molecule has 1 amide bonds. The lowest BCUT2D eigenvalue weighted by Crippen LogP contribution is -2.48. The zero-order valence-electron chi connectivity index (χ0n) is 12.4. The van der Waals surface area contributed by atoms with Gasteiger partial charge in [-0.1, -0.05) is 30.7 Å². The highest BCUT2D eigenvalue weighted by atomic mass is 35.5. The van der Waals surface area contributed by atoms with Gasteiger partial charge in [-0.2, -0.15) is 5.10 Å². The molecule has 22 heavy (non-hydrogen) atoms. The van der Waals surface area contributed by atoms with Crippen molar-refractivity contribution in [3.63, 3.8) is 0 Å². The minimum atomic E-state index is -0.0949. The monoisotopic (exact) mass is 318 g/mol. The molecule has 1 saturated heterocycles. The summed E-state index contributed by atoms with van der Waals surface area (Å²) < 4.78 is 0. The van der Waals surface area contributed by atoms with Crippen molar-refractivity contribution in [3.8, 4) is 11.3 Å². The summed E-state index contributed by atoms with van der Waals surface area (Å²) >= 11 is 6.03. The first-order valence-electron chi connectivity index (χ1n) is 7.46. The van der Waals surface area contributed by atoms with Gasteiger partial charge in [-0.25, -0.2) is 0 Å². The van der Waals surface area contributed by atoms with Gasteiger partial charge in [0.2, 0.25) is 0 Å². The molecular weight excluding hydrogens is 300 g/mol. The molecule has 2 atom stereocenters. The predicted octanol–water partition coefficient (Wildman–Crippen LogP) is 2.46. The molecule has 3 rings (SSSR count). The Morgan fingerprint density at radius 3 is 3.09 bits per heavy atom. The highest BCUT2D eigenvalue weighted by molar-refractivity contribution is 6.30. The first kappa shape index (κ1) is 15.1. The van der Waals surface area contributed by atoms with E-state index >= 15 is 0 Å². The lowest BCUT2D eigenvalue weighted by atomic mass is 9.95. The van der Waals surface area contributed by atoms with Gasteiger partial charge in [0.1, 0.15) is 0 Å². The molecule has 5 nitrogen and oxygen atoms in total. The van der Waals surface area contributed by atoms with Crippen molar-refractivity contribution in [3.05, 3.63) is 41.0 Å². The standard InChI is InChI=1S/C16H19ClN4O/c1-10-8-18-6-5-14(10)20-16(22)13-9-19-21-15(13)11-3-2-4-12(17)7-11/h2-4,7,9-10,14,18H,5-6,8H2,1H3,(H,19,21)(H,20,22). The van der Waals surface area contributed by atoms with Crippen LogP contribution in [0.25, 0.3) is 11.3 Å². The third kappa shape index (κ3) is 3.15. The Labute approximate surface area is 134 Å². The van der Waals surface area contributed by atoms with E-state index in [0.29, 0.717) is 22.2 Å². The molecular formula is C16H19ClN4O. The first-order chi connectivity index (χ1) is 10.6. The summed E-state index contributed by atoms with van der Waals surface area (Å²) in [5.74, 6) is 0.321. The van der Waals surface area contributed by atoms with E-state index in [1.807, 2.05) is 18.2 Å². The number of benzene rings is 1. The highest BCUT2D eigenvalue weighted by Crippen LogP contribution is 2.24. The molecule has 0 bridgehead atoms. The number of carbonyl (C=O) groups excluding carboxylic acids is 1. The van der Waals surface area contributed by atoms with Crippen molar-refractivity contribution < 1.29 is 4.79 Å². The number of hydrogen-bond donors (Lipinski definition) is 3. The molecule has 3 N–H and O–H groups in total. The number of amides is 1. The van der Waals surface area contributed by atoms with Crippen molar-refractivity contribution in [1.82, 2.24) is 20.8 Å². The maximum Gasteiger partial charge on any atom is 0.255 e. The first-order valence-corrected chi connectivity index (χ1v) is 7.84. The summed E-state index contributed by atoms with van der Waals surface area (Å²) in [5, 5.41) is 14.0. The topological polar surface area (TPSA) is 69.8 Å². The Morgan fingerprint density at radius 1 is 1.45 bits per heavy atom. The van der Waals surface area contributed by atoms with Gasteiger partial charge in [0, 0.05) is 16.6 Å². The van der Waals surface area contributed by atoms with Crippen LogP contribution in [0.1, 0.15) is 23.7 Å². The van der Waals surface area contributed by atoms with Crippen LogP contribution in [0.2, 0.25) is 5.02 Å². The quantitative estimate of drug-likeness (QED) is 0.814. The second-order valence-corrected chi connectivity index (χ2v) is 6.16. The fraction of sp³-hybridized carbons (Fsp3) is 0.375. The minimum absolute atomic E-state index is 0.0949. The fourth-order valence-electron chi connectivity index (χ4n) is 2.80. The van der Waals surface area contributed by atoms with Crippen molar-refractivity contribution in [1.29, 1.82) is 0 Å². The number of H-pyrrole nitrogens is 1. The number of rotatable bonds is 3. The van der Waals surface area contributed by atoms with E-state index in [9.17, 15) is 4.79 Å². The van der Waals surface area contributed by atoms with Crippen molar-refractivity contribution in [2.45, 2.75) is 19.4 Å². The Morgan fingerprint density at radius 2 is 2.32 bits per heavy atom. The number of aromatic amines is 1. The highest BCUT2D eigenvalue weighted by Gasteiger charge is 2.24. The number of carbonyl (C=O) groups is 1. The average Bonchev–Trinajstić information content (AvgIpc) is 2.99. The Balaban J connectivity index is 1.80. The molecule has 1 aliphatic heterocycles. The minimum Gasteiger partial charge on any atom is -0.349 e. The molecule has 0 spiro atoms. The van der Waals surface area contributed by atoms with Crippen LogP contribution in [0, 0.1) is 5.92 Å². The van der Waals surface area contributed by atoms with E-state index in [-0.39, 0.29) is 11.9 Å². The third-order valence-corrected chi connectivity index (χ3v) is 4.33. The predicted molar refractivity (Wildman–Crippen MR) is 86.9 cm³/mol. The summed E-state index contributed by atoms with van der Waals surface area (Å²) in [6.45, 7) is 4.00. The van der Waals surface area contributed by atoms with Gasteiger partial charge in [-0.05, 0) is 37.6 Å².